The zero-order chi connectivity index (χ0) is 22.7. The maximum atomic E-state index is 13.3. The highest BCUT2D eigenvalue weighted by atomic mass is 35.5. The quantitative estimate of drug-likeness (QED) is 0.395. The second-order valence-electron chi connectivity index (χ2n) is 8.03. The summed E-state index contributed by atoms with van der Waals surface area (Å²) in [6, 6.07) is 9.33. The average molecular weight is 494 g/mol. The van der Waals surface area contributed by atoms with Gasteiger partial charge in [-0.05, 0) is 72.0 Å². The van der Waals surface area contributed by atoms with Crippen molar-refractivity contribution in [3.63, 3.8) is 0 Å². The first-order valence-electron chi connectivity index (χ1n) is 10.5. The molecule has 2 aromatic carbocycles. The molecule has 0 bridgehead atoms. The summed E-state index contributed by atoms with van der Waals surface area (Å²) in [5.74, 6) is 0.0375. The number of amides is 2. The van der Waals surface area contributed by atoms with Gasteiger partial charge >= 0.3 is 0 Å². The van der Waals surface area contributed by atoms with Gasteiger partial charge in [0.2, 0.25) is 0 Å². The summed E-state index contributed by atoms with van der Waals surface area (Å²) in [5.41, 5.74) is 1.24. The first-order valence-corrected chi connectivity index (χ1v) is 12.1. The standard InChI is InChI=1S/C24H22Cl2FNO3S/c25-19-10-17(11-20(26)22(19)31-14-16-7-4-8-18(27)9-16)12-21-23(29)28(24(30)32-21)13-15-5-2-1-3-6-15/h4,7-12,15H,1-3,5-6,13-14H2/b21-12+. The third-order valence-electron chi connectivity index (χ3n) is 5.63. The fraction of sp³-hybridized carbons (Fsp3) is 0.333. The van der Waals surface area contributed by atoms with Crippen molar-refractivity contribution in [2.45, 2.75) is 38.7 Å². The lowest BCUT2D eigenvalue weighted by atomic mass is 9.89. The minimum Gasteiger partial charge on any atom is -0.486 e. The molecule has 4 nitrogen and oxygen atoms in total. The van der Waals surface area contributed by atoms with Crippen LogP contribution < -0.4 is 4.74 Å². The molecule has 0 spiro atoms. The van der Waals surface area contributed by atoms with E-state index in [9.17, 15) is 14.0 Å². The smallest absolute Gasteiger partial charge is 0.293 e. The van der Waals surface area contributed by atoms with Gasteiger partial charge in [0.25, 0.3) is 11.1 Å². The molecule has 2 aliphatic rings. The Morgan fingerprint density at radius 1 is 1.09 bits per heavy atom. The van der Waals surface area contributed by atoms with E-state index in [4.69, 9.17) is 27.9 Å². The van der Waals surface area contributed by atoms with Gasteiger partial charge < -0.3 is 4.74 Å². The first-order chi connectivity index (χ1) is 15.4. The zero-order valence-electron chi connectivity index (χ0n) is 17.3. The Balaban J connectivity index is 1.46. The zero-order valence-corrected chi connectivity index (χ0v) is 19.6. The third-order valence-corrected chi connectivity index (χ3v) is 7.10. The van der Waals surface area contributed by atoms with Crippen LogP contribution in [-0.2, 0) is 11.4 Å². The SMILES string of the molecule is O=C1S/C(=C/c2cc(Cl)c(OCc3cccc(F)c3)c(Cl)c2)C(=O)N1CC1CCCCC1. The summed E-state index contributed by atoms with van der Waals surface area (Å²) in [4.78, 5) is 26.9. The fourth-order valence-corrected chi connectivity index (χ4v) is 5.48. The number of hydrogen-bond acceptors (Lipinski definition) is 4. The highest BCUT2D eigenvalue weighted by Gasteiger charge is 2.36. The molecule has 168 valence electrons. The van der Waals surface area contributed by atoms with E-state index in [0.717, 1.165) is 37.4 Å². The molecule has 1 heterocycles. The van der Waals surface area contributed by atoms with Crippen LogP contribution in [0.1, 0.15) is 43.2 Å². The molecule has 0 atom stereocenters. The van der Waals surface area contributed by atoms with E-state index in [0.29, 0.717) is 28.5 Å². The Morgan fingerprint density at radius 3 is 2.50 bits per heavy atom. The van der Waals surface area contributed by atoms with Crippen molar-refractivity contribution >= 4 is 52.2 Å². The van der Waals surface area contributed by atoms with E-state index in [-0.39, 0.29) is 39.4 Å². The topological polar surface area (TPSA) is 46.6 Å². The van der Waals surface area contributed by atoms with Crippen LogP contribution >= 0.6 is 35.0 Å². The number of hydrogen-bond donors (Lipinski definition) is 0. The molecule has 2 fully saturated rings. The maximum absolute atomic E-state index is 13.3. The summed E-state index contributed by atoms with van der Waals surface area (Å²) in [5, 5.41) is 0.294. The number of benzene rings is 2. The van der Waals surface area contributed by atoms with Crippen LogP contribution in [0.2, 0.25) is 10.0 Å². The van der Waals surface area contributed by atoms with Crippen LogP contribution in [0.5, 0.6) is 5.75 Å². The van der Waals surface area contributed by atoms with E-state index in [1.165, 1.54) is 23.5 Å². The van der Waals surface area contributed by atoms with Crippen molar-refractivity contribution in [3.05, 3.63) is 68.3 Å². The minimum absolute atomic E-state index is 0.108. The van der Waals surface area contributed by atoms with Crippen molar-refractivity contribution in [1.82, 2.24) is 4.90 Å². The van der Waals surface area contributed by atoms with Crippen LogP contribution in [-0.4, -0.2) is 22.6 Å². The summed E-state index contributed by atoms with van der Waals surface area (Å²) in [6.07, 6.45) is 7.27. The molecule has 0 N–H and O–H groups in total. The molecule has 1 aliphatic heterocycles. The molecular weight excluding hydrogens is 472 g/mol. The number of carbonyl (C=O) groups is 2. The van der Waals surface area contributed by atoms with Gasteiger partial charge in [-0.3, -0.25) is 14.5 Å². The van der Waals surface area contributed by atoms with Crippen LogP contribution in [0.4, 0.5) is 9.18 Å². The number of nitrogens with zero attached hydrogens (tertiary/aromatic N) is 1. The minimum atomic E-state index is -0.351. The molecule has 1 saturated heterocycles. The summed E-state index contributed by atoms with van der Waals surface area (Å²) in [7, 11) is 0. The van der Waals surface area contributed by atoms with Gasteiger partial charge in [0.05, 0.1) is 15.0 Å². The van der Waals surface area contributed by atoms with E-state index < -0.39 is 0 Å². The van der Waals surface area contributed by atoms with Gasteiger partial charge in [-0.1, -0.05) is 54.6 Å². The third kappa shape index (κ3) is 5.48. The predicted molar refractivity (Wildman–Crippen MR) is 126 cm³/mol. The lowest BCUT2D eigenvalue weighted by Gasteiger charge is -2.25. The van der Waals surface area contributed by atoms with Gasteiger partial charge in [-0.25, -0.2) is 4.39 Å². The number of thioether (sulfide) groups is 1. The molecule has 1 saturated carbocycles. The molecule has 0 radical (unpaired) electrons. The molecule has 2 amide bonds. The Hall–Kier alpha value is -2.02. The van der Waals surface area contributed by atoms with Gasteiger partial charge in [0.15, 0.2) is 5.75 Å². The molecule has 0 aromatic heterocycles. The van der Waals surface area contributed by atoms with Crippen LogP contribution in [0.15, 0.2) is 41.3 Å². The van der Waals surface area contributed by atoms with E-state index >= 15 is 0 Å². The molecule has 8 heteroatoms. The maximum Gasteiger partial charge on any atom is 0.293 e. The van der Waals surface area contributed by atoms with E-state index in [2.05, 4.69) is 0 Å². The molecule has 0 unspecified atom stereocenters. The molecule has 32 heavy (non-hydrogen) atoms. The van der Waals surface area contributed by atoms with Crippen molar-refractivity contribution in [3.8, 4) is 5.75 Å². The summed E-state index contributed by atoms with van der Waals surface area (Å²) < 4.78 is 19.0. The molecule has 1 aliphatic carbocycles. The van der Waals surface area contributed by atoms with Gasteiger partial charge in [-0.2, -0.15) is 0 Å². The lowest BCUT2D eigenvalue weighted by Crippen LogP contribution is -2.34. The van der Waals surface area contributed by atoms with E-state index in [1.54, 1.807) is 30.3 Å². The predicted octanol–water partition coefficient (Wildman–Crippen LogP) is 7.33. The van der Waals surface area contributed by atoms with Crippen molar-refractivity contribution < 1.29 is 18.7 Å². The molecule has 4 rings (SSSR count). The van der Waals surface area contributed by atoms with Crippen molar-refractivity contribution in [2.75, 3.05) is 6.54 Å². The summed E-state index contributed by atoms with van der Waals surface area (Å²) in [6.45, 7) is 0.590. The molecule has 2 aromatic rings. The first kappa shape index (κ1) is 23.1. The Morgan fingerprint density at radius 2 is 1.81 bits per heavy atom. The van der Waals surface area contributed by atoms with Crippen molar-refractivity contribution in [2.24, 2.45) is 5.92 Å². The highest BCUT2D eigenvalue weighted by Crippen LogP contribution is 2.38. The number of halogens is 3. The number of ether oxygens (including phenoxy) is 1. The van der Waals surface area contributed by atoms with Crippen LogP contribution in [0.25, 0.3) is 6.08 Å². The second kappa shape index (κ2) is 10.3. The Labute approximate surface area is 200 Å². The van der Waals surface area contributed by atoms with Crippen molar-refractivity contribution in [1.29, 1.82) is 0 Å². The van der Waals surface area contributed by atoms with Gasteiger partial charge in [-0.15, -0.1) is 0 Å². The van der Waals surface area contributed by atoms with Gasteiger partial charge in [0.1, 0.15) is 12.4 Å². The average Bonchev–Trinajstić information content (AvgIpc) is 3.01. The monoisotopic (exact) mass is 493 g/mol. The normalized spacial score (nSPS) is 18.6. The van der Waals surface area contributed by atoms with Gasteiger partial charge in [0, 0.05) is 6.54 Å². The number of rotatable bonds is 6. The highest BCUT2D eigenvalue weighted by molar-refractivity contribution is 8.18. The molecular formula is C24H22Cl2FNO3S. The summed E-state index contributed by atoms with van der Waals surface area (Å²) >= 11 is 13.7. The fourth-order valence-electron chi connectivity index (χ4n) is 4.02. The largest absolute Gasteiger partial charge is 0.486 e. The van der Waals surface area contributed by atoms with E-state index in [1.807, 2.05) is 0 Å². The Bertz CT molecular complexity index is 1050. The second-order valence-corrected chi connectivity index (χ2v) is 9.84. The lowest BCUT2D eigenvalue weighted by molar-refractivity contribution is -0.123. The Kier molecular flexibility index (Phi) is 7.44. The number of carbonyl (C=O) groups excluding carboxylic acids is 2. The van der Waals surface area contributed by atoms with Crippen LogP contribution in [0.3, 0.4) is 0 Å². The number of imide groups is 1. The van der Waals surface area contributed by atoms with Crippen LogP contribution in [0, 0.1) is 11.7 Å².